The van der Waals surface area contributed by atoms with Gasteiger partial charge in [0.05, 0.1) is 4.88 Å². The zero-order valence-electron chi connectivity index (χ0n) is 24.2. The van der Waals surface area contributed by atoms with Crippen molar-refractivity contribution in [2.75, 3.05) is 0 Å². The maximum Gasteiger partial charge on any atom is 0.325 e. The molecule has 0 aliphatic carbocycles. The number of rotatable bonds is 11. The number of amides is 1. The average molecular weight is 582 g/mol. The lowest BCUT2D eigenvalue weighted by Gasteiger charge is -2.18. The van der Waals surface area contributed by atoms with Gasteiger partial charge in [-0.1, -0.05) is 87.5 Å². The van der Waals surface area contributed by atoms with Crippen LogP contribution in [0.1, 0.15) is 65.4 Å². The molecule has 0 bridgehead atoms. The molecule has 4 aromatic rings. The van der Waals surface area contributed by atoms with Crippen molar-refractivity contribution in [1.82, 2.24) is 15.3 Å². The molecule has 2 aromatic carbocycles. The van der Waals surface area contributed by atoms with Crippen molar-refractivity contribution in [3.8, 4) is 11.4 Å². The molecule has 2 N–H and O–H groups in total. The number of aliphatic carboxylic acids is 1. The molecule has 0 fully saturated rings. The van der Waals surface area contributed by atoms with Crippen LogP contribution in [0.2, 0.25) is 0 Å². The summed E-state index contributed by atoms with van der Waals surface area (Å²) in [5, 5.41) is 11.8. The molecule has 4 rings (SSSR count). The lowest BCUT2D eigenvalue weighted by atomic mass is 9.92. The number of nitrogens with one attached hydrogen (secondary N) is 1. The van der Waals surface area contributed by atoms with E-state index in [4.69, 9.17) is 0 Å². The van der Waals surface area contributed by atoms with Gasteiger partial charge in [0.2, 0.25) is 5.91 Å². The van der Waals surface area contributed by atoms with Crippen LogP contribution in [0.3, 0.4) is 0 Å². The van der Waals surface area contributed by atoms with Gasteiger partial charge in [-0.15, -0.1) is 11.3 Å². The van der Waals surface area contributed by atoms with Crippen molar-refractivity contribution < 1.29 is 19.5 Å². The molecular weight excluding hydrogens is 546 g/mol. The molecule has 0 radical (unpaired) electrons. The number of carbonyl (C=O) groups excluding carboxylic acids is 2. The molecule has 1 amide bonds. The van der Waals surface area contributed by atoms with Crippen LogP contribution < -0.4 is 5.32 Å². The quantitative estimate of drug-likeness (QED) is 0.191. The Morgan fingerprint density at radius 2 is 1.55 bits per heavy atom. The first-order valence-corrected chi connectivity index (χ1v) is 14.6. The van der Waals surface area contributed by atoms with E-state index in [1.165, 1.54) is 18.3 Å². The molecule has 7 nitrogen and oxygen atoms in total. The lowest BCUT2D eigenvalue weighted by Crippen LogP contribution is -2.42. The number of carbonyl (C=O) groups is 3. The maximum atomic E-state index is 13.2. The largest absolute Gasteiger partial charge is 0.480 e. The molecule has 2 aromatic heterocycles. The van der Waals surface area contributed by atoms with Gasteiger partial charge in [0.15, 0.2) is 11.6 Å². The molecule has 0 saturated heterocycles. The first-order chi connectivity index (χ1) is 20.0. The molecule has 8 heteroatoms. The number of carboxylic acid groups (broad SMARTS) is 1. The third-order valence-electron chi connectivity index (χ3n) is 6.79. The van der Waals surface area contributed by atoms with Gasteiger partial charge in [0.25, 0.3) is 0 Å². The van der Waals surface area contributed by atoms with Gasteiger partial charge < -0.3 is 10.4 Å². The average Bonchev–Trinajstić information content (AvgIpc) is 3.49. The second kappa shape index (κ2) is 13.5. The Morgan fingerprint density at radius 3 is 2.14 bits per heavy atom. The lowest BCUT2D eigenvalue weighted by molar-refractivity contribution is -0.141. The zero-order valence-corrected chi connectivity index (χ0v) is 25.0. The Hall–Kier alpha value is -4.43. The summed E-state index contributed by atoms with van der Waals surface area (Å²) in [5.41, 5.74) is 3.56. The van der Waals surface area contributed by atoms with E-state index in [1.54, 1.807) is 18.5 Å². The van der Waals surface area contributed by atoms with Gasteiger partial charge in [-0.2, -0.15) is 0 Å². The molecule has 216 valence electrons. The van der Waals surface area contributed by atoms with Crippen molar-refractivity contribution in [2.45, 2.75) is 52.0 Å². The van der Waals surface area contributed by atoms with Gasteiger partial charge in [-0.05, 0) is 42.0 Å². The Balaban J connectivity index is 1.47. The van der Waals surface area contributed by atoms with E-state index < -0.39 is 23.8 Å². The van der Waals surface area contributed by atoms with Gasteiger partial charge in [0.1, 0.15) is 6.04 Å². The Morgan fingerprint density at radius 1 is 0.905 bits per heavy atom. The number of Topliss-reactive ketones (excluding diaryl/α,β-unsaturated/α-hetero) is 1. The Kier molecular flexibility index (Phi) is 9.80. The molecule has 0 unspecified atom stereocenters. The molecule has 42 heavy (non-hydrogen) atoms. The summed E-state index contributed by atoms with van der Waals surface area (Å²) in [6.45, 7) is 7.67. The predicted molar refractivity (Wildman–Crippen MR) is 167 cm³/mol. The third kappa shape index (κ3) is 8.30. The van der Waals surface area contributed by atoms with Crippen molar-refractivity contribution in [1.29, 1.82) is 0 Å². The molecule has 2 atom stereocenters. The summed E-state index contributed by atoms with van der Waals surface area (Å²) in [5.74, 6) is -1.88. The highest BCUT2D eigenvalue weighted by Crippen LogP contribution is 2.31. The molecule has 0 saturated carbocycles. The molecule has 0 spiro atoms. The zero-order chi connectivity index (χ0) is 30.3. The minimum atomic E-state index is -1.13. The standard InChI is InChI=1S/C34H35N3O4S/c1-22(33(40)41)37-32(39)27(19-28(38)29-16-17-30(42-29)34(2,3)4)18-24-12-14-26(15-13-24)31-35-20-25(21-36-31)11-10-23-8-6-5-7-9-23/h5-17,20-22,27H,18-19H2,1-4H3,(H,37,39)(H,40,41)/b11-10-/t22-,27-/m1/s1. The molecule has 0 aliphatic heterocycles. The van der Waals surface area contributed by atoms with E-state index in [2.05, 4.69) is 36.1 Å². The minimum Gasteiger partial charge on any atom is -0.480 e. The van der Waals surface area contributed by atoms with E-state index >= 15 is 0 Å². The Labute approximate surface area is 250 Å². The minimum absolute atomic E-state index is 0.0227. The van der Waals surface area contributed by atoms with Crippen LogP contribution in [0.25, 0.3) is 23.5 Å². The number of ketones is 1. The number of hydrogen-bond acceptors (Lipinski definition) is 6. The van der Waals surface area contributed by atoms with E-state index in [1.807, 2.05) is 72.8 Å². The molecule has 0 aliphatic rings. The number of hydrogen-bond donors (Lipinski definition) is 2. The van der Waals surface area contributed by atoms with Crippen LogP contribution in [0.4, 0.5) is 0 Å². The SMILES string of the molecule is C[C@@H](NC(=O)[C@@H](CC(=O)c1ccc(C(C)(C)C)s1)Cc1ccc(-c2ncc(/C=C\c3ccccc3)cn2)cc1)C(=O)O. The van der Waals surface area contributed by atoms with Crippen LogP contribution in [-0.2, 0) is 21.4 Å². The van der Waals surface area contributed by atoms with Crippen LogP contribution in [0.15, 0.2) is 79.1 Å². The third-order valence-corrected chi connectivity index (χ3v) is 8.34. The van der Waals surface area contributed by atoms with E-state index in [-0.39, 0.29) is 24.0 Å². The normalized spacial score (nSPS) is 13.0. The Bertz CT molecular complexity index is 1550. The van der Waals surface area contributed by atoms with Crippen molar-refractivity contribution >= 4 is 41.1 Å². The fourth-order valence-electron chi connectivity index (χ4n) is 4.27. The highest BCUT2D eigenvalue weighted by atomic mass is 32.1. The number of nitrogens with zero attached hydrogens (tertiary/aromatic N) is 2. The van der Waals surface area contributed by atoms with Gasteiger partial charge in [-0.3, -0.25) is 14.4 Å². The fourth-order valence-corrected chi connectivity index (χ4v) is 5.28. The van der Waals surface area contributed by atoms with E-state index in [9.17, 15) is 19.5 Å². The number of thiophene rings is 1. The van der Waals surface area contributed by atoms with Crippen LogP contribution in [0.5, 0.6) is 0 Å². The van der Waals surface area contributed by atoms with Crippen molar-refractivity contribution in [2.24, 2.45) is 5.92 Å². The topological polar surface area (TPSA) is 109 Å². The van der Waals surface area contributed by atoms with Gasteiger partial charge in [-0.25, -0.2) is 9.97 Å². The summed E-state index contributed by atoms with van der Waals surface area (Å²) >= 11 is 1.44. The van der Waals surface area contributed by atoms with Crippen LogP contribution in [-0.4, -0.2) is 38.8 Å². The summed E-state index contributed by atoms with van der Waals surface area (Å²) in [6.07, 6.45) is 7.75. The number of carboxylic acids is 1. The summed E-state index contributed by atoms with van der Waals surface area (Å²) in [4.78, 5) is 48.3. The van der Waals surface area contributed by atoms with Crippen LogP contribution in [0, 0.1) is 5.92 Å². The highest BCUT2D eigenvalue weighted by molar-refractivity contribution is 7.14. The van der Waals surface area contributed by atoms with Gasteiger partial charge >= 0.3 is 5.97 Å². The molecular formula is C34H35N3O4S. The second-order valence-electron chi connectivity index (χ2n) is 11.3. The maximum absolute atomic E-state index is 13.2. The van der Waals surface area contributed by atoms with E-state index in [0.29, 0.717) is 10.7 Å². The fraction of sp³-hybridized carbons (Fsp3) is 0.265. The first-order valence-electron chi connectivity index (χ1n) is 13.8. The van der Waals surface area contributed by atoms with E-state index in [0.717, 1.165) is 27.1 Å². The second-order valence-corrected chi connectivity index (χ2v) is 12.4. The first kappa shape index (κ1) is 30.5. The van der Waals surface area contributed by atoms with Crippen LogP contribution >= 0.6 is 11.3 Å². The smallest absolute Gasteiger partial charge is 0.325 e. The van der Waals surface area contributed by atoms with Crippen molar-refractivity contribution in [3.63, 3.8) is 0 Å². The van der Waals surface area contributed by atoms with Crippen molar-refractivity contribution in [3.05, 3.63) is 106 Å². The number of aromatic nitrogens is 2. The predicted octanol–water partition coefficient (Wildman–Crippen LogP) is 6.69. The number of benzene rings is 2. The summed E-state index contributed by atoms with van der Waals surface area (Å²) < 4.78 is 0. The molecule has 2 heterocycles. The summed E-state index contributed by atoms with van der Waals surface area (Å²) in [7, 11) is 0. The summed E-state index contributed by atoms with van der Waals surface area (Å²) in [6, 6.07) is 20.2. The highest BCUT2D eigenvalue weighted by Gasteiger charge is 2.27. The monoisotopic (exact) mass is 581 g/mol. The van der Waals surface area contributed by atoms with Gasteiger partial charge in [0, 0.05) is 40.7 Å².